The number of aryl methyl sites for hydroxylation is 1. The van der Waals surface area contributed by atoms with Gasteiger partial charge in [-0.2, -0.15) is 0 Å². The van der Waals surface area contributed by atoms with E-state index in [1.54, 1.807) is 0 Å². The van der Waals surface area contributed by atoms with Gasteiger partial charge in [-0.3, -0.25) is 0 Å². The van der Waals surface area contributed by atoms with Gasteiger partial charge in [-0.25, -0.2) is 0 Å². The van der Waals surface area contributed by atoms with Crippen LogP contribution in [0.25, 0.3) is 0 Å². The summed E-state index contributed by atoms with van der Waals surface area (Å²) in [6.07, 6.45) is 4.90. The molecule has 0 saturated heterocycles. The number of benzene rings is 2. The summed E-state index contributed by atoms with van der Waals surface area (Å²) < 4.78 is 11.6. The Morgan fingerprint density at radius 3 is 2.38 bits per heavy atom. The maximum atomic E-state index is 5.81. The Bertz CT molecular complexity index is 598. The van der Waals surface area contributed by atoms with Crippen LogP contribution >= 0.6 is 0 Å². The molecule has 130 valence electrons. The minimum absolute atomic E-state index is 0.631. The van der Waals surface area contributed by atoms with Crippen molar-refractivity contribution in [1.82, 2.24) is 0 Å². The molecule has 0 amide bonds. The first-order valence-corrected chi connectivity index (χ1v) is 8.94. The third-order valence-corrected chi connectivity index (χ3v) is 3.79. The maximum Gasteiger partial charge on any atom is 0.121 e. The highest BCUT2D eigenvalue weighted by Gasteiger charge is 1.98. The van der Waals surface area contributed by atoms with E-state index in [9.17, 15) is 0 Å². The lowest BCUT2D eigenvalue weighted by atomic mass is 10.2. The van der Waals surface area contributed by atoms with Crippen molar-refractivity contribution in [3.8, 4) is 11.5 Å². The van der Waals surface area contributed by atoms with E-state index < -0.39 is 0 Å². The smallest absolute Gasteiger partial charge is 0.121 e. The van der Waals surface area contributed by atoms with Crippen LogP contribution in [0.5, 0.6) is 11.5 Å². The minimum Gasteiger partial charge on any atom is -0.494 e. The molecule has 0 atom stereocenters. The van der Waals surface area contributed by atoms with Gasteiger partial charge >= 0.3 is 0 Å². The van der Waals surface area contributed by atoms with E-state index in [2.05, 4.69) is 31.3 Å². The molecule has 0 saturated carbocycles. The van der Waals surface area contributed by atoms with Crippen LogP contribution in [0.15, 0.2) is 48.5 Å². The molecule has 0 aliphatic carbocycles. The van der Waals surface area contributed by atoms with Crippen LogP contribution in [0.4, 0.5) is 5.69 Å². The summed E-state index contributed by atoms with van der Waals surface area (Å²) in [5, 5.41) is 3.38. The minimum atomic E-state index is 0.631. The number of rotatable bonds is 11. The van der Waals surface area contributed by atoms with E-state index in [1.165, 1.54) is 24.8 Å². The molecule has 3 nitrogen and oxygen atoms in total. The SMILES string of the molecule is CCCCCCOc1cccc(NCCOc2cccc(C)c2)c1. The van der Waals surface area contributed by atoms with Crippen LogP contribution in [-0.2, 0) is 0 Å². The molecule has 0 heterocycles. The second kappa shape index (κ2) is 10.6. The number of nitrogens with one attached hydrogen (secondary N) is 1. The van der Waals surface area contributed by atoms with Crippen LogP contribution in [0.1, 0.15) is 38.2 Å². The molecule has 1 N–H and O–H groups in total. The Balaban J connectivity index is 1.68. The molecule has 0 fully saturated rings. The summed E-state index contributed by atoms with van der Waals surface area (Å²) in [4.78, 5) is 0. The van der Waals surface area contributed by atoms with Gasteiger partial charge in [0, 0.05) is 18.3 Å². The van der Waals surface area contributed by atoms with E-state index >= 15 is 0 Å². The van der Waals surface area contributed by atoms with Crippen LogP contribution in [0.2, 0.25) is 0 Å². The number of ether oxygens (including phenoxy) is 2. The summed E-state index contributed by atoms with van der Waals surface area (Å²) in [5.74, 6) is 1.84. The lowest BCUT2D eigenvalue weighted by Gasteiger charge is -2.11. The molecule has 0 aromatic heterocycles. The highest BCUT2D eigenvalue weighted by atomic mass is 16.5. The fourth-order valence-electron chi connectivity index (χ4n) is 2.48. The molecule has 0 aliphatic heterocycles. The Morgan fingerprint density at radius 2 is 1.58 bits per heavy atom. The van der Waals surface area contributed by atoms with Crippen molar-refractivity contribution in [2.24, 2.45) is 0 Å². The zero-order chi connectivity index (χ0) is 17.0. The molecule has 0 spiro atoms. The molecule has 0 unspecified atom stereocenters. The van der Waals surface area contributed by atoms with Crippen molar-refractivity contribution in [2.75, 3.05) is 25.1 Å². The summed E-state index contributed by atoms with van der Waals surface area (Å²) in [6.45, 7) is 6.47. The quantitative estimate of drug-likeness (QED) is 0.557. The number of anilines is 1. The van der Waals surface area contributed by atoms with Crippen LogP contribution in [0.3, 0.4) is 0 Å². The van der Waals surface area contributed by atoms with E-state index in [-0.39, 0.29) is 0 Å². The summed E-state index contributed by atoms with van der Waals surface area (Å²) >= 11 is 0. The van der Waals surface area contributed by atoms with Gasteiger partial charge in [-0.1, -0.05) is 44.4 Å². The van der Waals surface area contributed by atoms with Crippen molar-refractivity contribution >= 4 is 5.69 Å². The zero-order valence-electron chi connectivity index (χ0n) is 14.9. The van der Waals surface area contributed by atoms with Crippen LogP contribution < -0.4 is 14.8 Å². The van der Waals surface area contributed by atoms with Crippen molar-refractivity contribution in [2.45, 2.75) is 39.5 Å². The Morgan fingerprint density at radius 1 is 0.833 bits per heavy atom. The van der Waals surface area contributed by atoms with Gasteiger partial charge in [0.15, 0.2) is 0 Å². The molecule has 3 heteroatoms. The van der Waals surface area contributed by atoms with Gasteiger partial charge < -0.3 is 14.8 Å². The monoisotopic (exact) mass is 327 g/mol. The molecular formula is C21H29NO2. The lowest BCUT2D eigenvalue weighted by Crippen LogP contribution is -2.11. The largest absolute Gasteiger partial charge is 0.494 e. The van der Waals surface area contributed by atoms with Crippen LogP contribution in [0, 0.1) is 6.92 Å². The highest BCUT2D eigenvalue weighted by molar-refractivity contribution is 5.48. The van der Waals surface area contributed by atoms with Crippen molar-refractivity contribution in [1.29, 1.82) is 0 Å². The third-order valence-electron chi connectivity index (χ3n) is 3.79. The number of hydrogen-bond acceptors (Lipinski definition) is 3. The molecule has 0 bridgehead atoms. The zero-order valence-corrected chi connectivity index (χ0v) is 14.9. The Labute approximate surface area is 146 Å². The van der Waals surface area contributed by atoms with Gasteiger partial charge in [0.1, 0.15) is 18.1 Å². The van der Waals surface area contributed by atoms with Gasteiger partial charge in [-0.05, 0) is 43.2 Å². The van der Waals surface area contributed by atoms with Gasteiger partial charge in [0.2, 0.25) is 0 Å². The molecule has 2 rings (SSSR count). The van der Waals surface area contributed by atoms with Crippen molar-refractivity contribution in [3.63, 3.8) is 0 Å². The summed E-state index contributed by atoms with van der Waals surface area (Å²) in [7, 11) is 0. The first-order valence-electron chi connectivity index (χ1n) is 8.94. The third kappa shape index (κ3) is 6.95. The van der Waals surface area contributed by atoms with Gasteiger partial charge in [0.25, 0.3) is 0 Å². The van der Waals surface area contributed by atoms with Crippen molar-refractivity contribution in [3.05, 3.63) is 54.1 Å². The highest BCUT2D eigenvalue weighted by Crippen LogP contribution is 2.18. The molecular weight excluding hydrogens is 298 g/mol. The fraction of sp³-hybridized carbons (Fsp3) is 0.429. The van der Waals surface area contributed by atoms with E-state index in [1.807, 2.05) is 36.4 Å². The molecule has 2 aromatic carbocycles. The average molecular weight is 327 g/mol. The topological polar surface area (TPSA) is 30.5 Å². The average Bonchev–Trinajstić information content (AvgIpc) is 2.59. The van der Waals surface area contributed by atoms with E-state index in [0.717, 1.165) is 36.8 Å². The molecule has 2 aromatic rings. The normalized spacial score (nSPS) is 10.4. The van der Waals surface area contributed by atoms with Gasteiger partial charge in [-0.15, -0.1) is 0 Å². The van der Waals surface area contributed by atoms with Gasteiger partial charge in [0.05, 0.1) is 6.61 Å². The lowest BCUT2D eigenvalue weighted by molar-refractivity contribution is 0.305. The summed E-state index contributed by atoms with van der Waals surface area (Å²) in [5.41, 5.74) is 2.28. The first-order chi connectivity index (χ1) is 11.8. The number of hydrogen-bond donors (Lipinski definition) is 1. The van der Waals surface area contributed by atoms with Crippen LogP contribution in [-0.4, -0.2) is 19.8 Å². The Kier molecular flexibility index (Phi) is 8.02. The Hall–Kier alpha value is -2.16. The maximum absolute atomic E-state index is 5.81. The first kappa shape index (κ1) is 18.2. The summed E-state index contributed by atoms with van der Waals surface area (Å²) in [6, 6.07) is 16.2. The molecule has 0 aliphatic rings. The van der Waals surface area contributed by atoms with E-state index in [0.29, 0.717) is 6.61 Å². The predicted octanol–water partition coefficient (Wildman–Crippen LogP) is 5.45. The van der Waals surface area contributed by atoms with Crippen molar-refractivity contribution < 1.29 is 9.47 Å². The van der Waals surface area contributed by atoms with E-state index in [4.69, 9.17) is 9.47 Å². The second-order valence-corrected chi connectivity index (χ2v) is 6.03. The molecule has 24 heavy (non-hydrogen) atoms. The standard InChI is InChI=1S/C21H29NO2/c1-3-4-5-6-14-23-21-12-8-10-19(17-21)22-13-15-24-20-11-7-9-18(2)16-20/h7-12,16-17,22H,3-6,13-15H2,1-2H3. The predicted molar refractivity (Wildman–Crippen MR) is 101 cm³/mol. The molecule has 0 radical (unpaired) electrons. The number of unbranched alkanes of at least 4 members (excludes halogenated alkanes) is 3. The second-order valence-electron chi connectivity index (χ2n) is 6.03. The fourth-order valence-corrected chi connectivity index (χ4v) is 2.48.